The molecule has 0 aromatic carbocycles. The van der Waals surface area contributed by atoms with Crippen molar-refractivity contribution in [1.82, 2.24) is 4.98 Å². The van der Waals surface area contributed by atoms with Crippen molar-refractivity contribution in [2.75, 3.05) is 18.5 Å². The van der Waals surface area contributed by atoms with Crippen molar-refractivity contribution >= 4 is 11.5 Å². The highest BCUT2D eigenvalue weighted by atomic mass is 16.6. The van der Waals surface area contributed by atoms with Gasteiger partial charge in [0.25, 0.3) is 5.69 Å². The van der Waals surface area contributed by atoms with Crippen molar-refractivity contribution in [2.45, 2.75) is 25.7 Å². The Kier molecular flexibility index (Phi) is 5.95. The number of pyridine rings is 1. The first kappa shape index (κ1) is 13.4. The molecule has 1 heterocycles. The summed E-state index contributed by atoms with van der Waals surface area (Å²) in [7, 11) is 0. The average Bonchev–Trinajstić information content (AvgIpc) is 2.34. The highest BCUT2D eigenvalue weighted by molar-refractivity contribution is 5.43. The fourth-order valence-electron chi connectivity index (χ4n) is 1.44. The molecular weight excluding hydrogens is 222 g/mol. The van der Waals surface area contributed by atoms with Gasteiger partial charge in [0, 0.05) is 25.4 Å². The molecule has 1 rings (SSSR count). The maximum absolute atomic E-state index is 10.5. The molecule has 0 bridgehead atoms. The van der Waals surface area contributed by atoms with E-state index in [-0.39, 0.29) is 12.3 Å². The molecular formula is C11H17N3O3. The molecule has 0 radical (unpaired) electrons. The third-order valence-corrected chi connectivity index (χ3v) is 2.35. The molecule has 1 aromatic rings. The number of nitro groups is 1. The Morgan fingerprint density at radius 1 is 1.35 bits per heavy atom. The van der Waals surface area contributed by atoms with Crippen LogP contribution in [0.25, 0.3) is 0 Å². The summed E-state index contributed by atoms with van der Waals surface area (Å²) in [6, 6.07) is 2.79. The lowest BCUT2D eigenvalue weighted by Gasteiger charge is -2.04. The summed E-state index contributed by atoms with van der Waals surface area (Å²) >= 11 is 0. The summed E-state index contributed by atoms with van der Waals surface area (Å²) in [5.41, 5.74) is 0.0442. The number of aromatic nitrogens is 1. The summed E-state index contributed by atoms with van der Waals surface area (Å²) < 4.78 is 0. The van der Waals surface area contributed by atoms with Crippen LogP contribution in [0.1, 0.15) is 25.7 Å². The number of rotatable bonds is 8. The fraction of sp³-hybridized carbons (Fsp3) is 0.545. The van der Waals surface area contributed by atoms with Crippen LogP contribution in [0.3, 0.4) is 0 Å². The van der Waals surface area contributed by atoms with E-state index in [0.29, 0.717) is 5.82 Å². The van der Waals surface area contributed by atoms with E-state index < -0.39 is 4.92 Å². The van der Waals surface area contributed by atoms with Crippen LogP contribution in [-0.2, 0) is 0 Å². The highest BCUT2D eigenvalue weighted by Crippen LogP contribution is 2.14. The average molecular weight is 239 g/mol. The minimum absolute atomic E-state index is 0.0442. The predicted octanol–water partition coefficient (Wildman–Crippen LogP) is 1.95. The Labute approximate surface area is 99.8 Å². The van der Waals surface area contributed by atoms with Gasteiger partial charge in [0.2, 0.25) is 0 Å². The second-order valence-electron chi connectivity index (χ2n) is 3.72. The van der Waals surface area contributed by atoms with E-state index in [4.69, 9.17) is 5.11 Å². The molecule has 17 heavy (non-hydrogen) atoms. The van der Waals surface area contributed by atoms with Gasteiger partial charge < -0.3 is 10.4 Å². The van der Waals surface area contributed by atoms with Gasteiger partial charge in [0.05, 0.1) is 11.0 Å². The molecule has 0 saturated heterocycles. The maximum atomic E-state index is 10.5. The standard InChI is InChI=1S/C11H17N3O3/c15-8-4-2-1-3-6-12-11-9-10(14(16)17)5-7-13-11/h5,7,9,15H,1-4,6,8H2,(H,12,13). The number of hydrogen-bond acceptors (Lipinski definition) is 5. The third kappa shape index (κ3) is 5.26. The fourth-order valence-corrected chi connectivity index (χ4v) is 1.44. The quantitative estimate of drug-likeness (QED) is 0.411. The van der Waals surface area contributed by atoms with Gasteiger partial charge in [-0.25, -0.2) is 4.98 Å². The van der Waals surface area contributed by atoms with Crippen molar-refractivity contribution in [3.05, 3.63) is 28.4 Å². The number of hydrogen-bond donors (Lipinski definition) is 2. The van der Waals surface area contributed by atoms with Crippen LogP contribution < -0.4 is 5.32 Å². The Morgan fingerprint density at radius 3 is 2.82 bits per heavy atom. The Balaban J connectivity index is 2.27. The van der Waals surface area contributed by atoms with Gasteiger partial charge >= 0.3 is 0 Å². The molecule has 0 aliphatic rings. The van der Waals surface area contributed by atoms with Crippen molar-refractivity contribution in [3.8, 4) is 0 Å². The highest BCUT2D eigenvalue weighted by Gasteiger charge is 2.05. The van der Waals surface area contributed by atoms with E-state index in [9.17, 15) is 10.1 Å². The zero-order valence-corrected chi connectivity index (χ0v) is 9.63. The lowest BCUT2D eigenvalue weighted by atomic mass is 10.2. The Hall–Kier alpha value is -1.69. The number of aliphatic hydroxyl groups excluding tert-OH is 1. The zero-order chi connectivity index (χ0) is 12.5. The van der Waals surface area contributed by atoms with Gasteiger partial charge in [-0.1, -0.05) is 12.8 Å². The molecule has 1 aromatic heterocycles. The van der Waals surface area contributed by atoms with Crippen molar-refractivity contribution < 1.29 is 10.0 Å². The number of nitrogens with zero attached hydrogens (tertiary/aromatic N) is 2. The first-order valence-electron chi connectivity index (χ1n) is 5.69. The summed E-state index contributed by atoms with van der Waals surface area (Å²) in [5.74, 6) is 0.529. The van der Waals surface area contributed by atoms with E-state index in [1.807, 2.05) is 0 Å². The van der Waals surface area contributed by atoms with Gasteiger partial charge in [-0.15, -0.1) is 0 Å². The Bertz CT molecular complexity index is 358. The Morgan fingerprint density at radius 2 is 2.12 bits per heavy atom. The van der Waals surface area contributed by atoms with Crippen molar-refractivity contribution in [2.24, 2.45) is 0 Å². The van der Waals surface area contributed by atoms with Gasteiger partial charge in [-0.2, -0.15) is 0 Å². The van der Waals surface area contributed by atoms with Crippen LogP contribution in [0.15, 0.2) is 18.3 Å². The topological polar surface area (TPSA) is 88.3 Å². The van der Waals surface area contributed by atoms with Crippen LogP contribution in [0, 0.1) is 10.1 Å². The van der Waals surface area contributed by atoms with E-state index in [2.05, 4.69) is 10.3 Å². The molecule has 0 aliphatic carbocycles. The van der Waals surface area contributed by atoms with Gasteiger partial charge in [0.15, 0.2) is 0 Å². The third-order valence-electron chi connectivity index (χ3n) is 2.35. The first-order chi connectivity index (χ1) is 8.24. The minimum Gasteiger partial charge on any atom is -0.396 e. The largest absolute Gasteiger partial charge is 0.396 e. The summed E-state index contributed by atoms with van der Waals surface area (Å²) in [6.45, 7) is 0.972. The molecule has 6 nitrogen and oxygen atoms in total. The summed E-state index contributed by atoms with van der Waals surface area (Å²) in [5, 5.41) is 22.2. The molecule has 0 unspecified atom stereocenters. The molecule has 6 heteroatoms. The number of anilines is 1. The molecule has 0 aliphatic heterocycles. The normalized spacial score (nSPS) is 10.2. The van der Waals surface area contributed by atoms with E-state index in [1.165, 1.54) is 18.3 Å². The van der Waals surface area contributed by atoms with Crippen LogP contribution in [0.4, 0.5) is 11.5 Å². The zero-order valence-electron chi connectivity index (χ0n) is 9.63. The summed E-state index contributed by atoms with van der Waals surface area (Å²) in [4.78, 5) is 14.1. The molecule has 0 amide bonds. The van der Waals surface area contributed by atoms with Crippen LogP contribution in [-0.4, -0.2) is 28.2 Å². The molecule has 0 atom stereocenters. The number of nitrogens with one attached hydrogen (secondary N) is 1. The van der Waals surface area contributed by atoms with Gasteiger partial charge in [-0.3, -0.25) is 10.1 Å². The van der Waals surface area contributed by atoms with Gasteiger partial charge in [-0.05, 0) is 12.8 Å². The van der Waals surface area contributed by atoms with Crippen molar-refractivity contribution in [3.63, 3.8) is 0 Å². The minimum atomic E-state index is -0.436. The van der Waals surface area contributed by atoms with Crippen LogP contribution in [0.2, 0.25) is 0 Å². The second-order valence-corrected chi connectivity index (χ2v) is 3.72. The second kappa shape index (κ2) is 7.56. The number of aliphatic hydroxyl groups is 1. The summed E-state index contributed by atoms with van der Waals surface area (Å²) in [6.07, 6.45) is 5.24. The van der Waals surface area contributed by atoms with E-state index in [1.54, 1.807) is 0 Å². The molecule has 2 N–H and O–H groups in total. The smallest absolute Gasteiger partial charge is 0.274 e. The number of unbranched alkanes of at least 4 members (excludes halogenated alkanes) is 3. The molecule has 0 saturated carbocycles. The maximum Gasteiger partial charge on any atom is 0.274 e. The van der Waals surface area contributed by atoms with E-state index >= 15 is 0 Å². The van der Waals surface area contributed by atoms with Crippen LogP contribution in [0.5, 0.6) is 0 Å². The van der Waals surface area contributed by atoms with Gasteiger partial charge in [0.1, 0.15) is 5.82 Å². The SMILES string of the molecule is O=[N+]([O-])c1ccnc(NCCCCCCO)c1. The molecule has 0 fully saturated rings. The monoisotopic (exact) mass is 239 g/mol. The lowest BCUT2D eigenvalue weighted by Crippen LogP contribution is -2.03. The molecule has 94 valence electrons. The van der Waals surface area contributed by atoms with E-state index in [0.717, 1.165) is 32.2 Å². The first-order valence-corrected chi connectivity index (χ1v) is 5.69. The predicted molar refractivity (Wildman–Crippen MR) is 64.9 cm³/mol. The van der Waals surface area contributed by atoms with Crippen LogP contribution >= 0.6 is 0 Å². The lowest BCUT2D eigenvalue weighted by molar-refractivity contribution is -0.384. The van der Waals surface area contributed by atoms with Crippen molar-refractivity contribution in [1.29, 1.82) is 0 Å². The molecule has 0 spiro atoms.